The first-order valence-corrected chi connectivity index (χ1v) is 9.58. The number of nitrogens with two attached hydrogens (primary N) is 1. The van der Waals surface area contributed by atoms with Crippen molar-refractivity contribution in [3.05, 3.63) is 47.5 Å². The number of ether oxygens (including phenoxy) is 2. The summed E-state index contributed by atoms with van der Waals surface area (Å²) in [7, 11) is -2.65. The first-order valence-electron chi connectivity index (χ1n) is 8.04. The Morgan fingerprint density at radius 2 is 1.96 bits per heavy atom. The summed E-state index contributed by atoms with van der Waals surface area (Å²) in [4.78, 5) is 12.5. The standard InChI is InChI=1S/C18H20N2O5S/c1-10-11(2)25-17-13(10)5-4-6-14(17)18(21)20-12-7-8-15(24-3)16(9-12)26(19,22)23/h4-11H,1-3H3,(H,20,21)(H2,19,22,23)/t10-,11-/m1/s1. The number of primary sulfonamides is 1. The number of rotatable bonds is 4. The molecule has 1 amide bonds. The van der Waals surface area contributed by atoms with E-state index in [0.717, 1.165) is 5.56 Å². The smallest absolute Gasteiger partial charge is 0.259 e. The lowest BCUT2D eigenvalue weighted by Gasteiger charge is -2.12. The van der Waals surface area contributed by atoms with Crippen LogP contribution in [0, 0.1) is 0 Å². The Bertz CT molecular complexity index is 972. The zero-order valence-electron chi connectivity index (χ0n) is 14.6. The number of methoxy groups -OCH3 is 1. The van der Waals surface area contributed by atoms with E-state index in [2.05, 4.69) is 5.32 Å². The lowest BCUT2D eigenvalue weighted by Crippen LogP contribution is -2.16. The maximum Gasteiger partial charge on any atom is 0.259 e. The van der Waals surface area contributed by atoms with Gasteiger partial charge in [0.05, 0.1) is 12.7 Å². The number of amides is 1. The van der Waals surface area contributed by atoms with Crippen LogP contribution in [0.3, 0.4) is 0 Å². The summed E-state index contributed by atoms with van der Waals surface area (Å²) in [6.45, 7) is 3.99. The van der Waals surface area contributed by atoms with Crippen molar-refractivity contribution in [2.24, 2.45) is 5.14 Å². The van der Waals surface area contributed by atoms with Crippen LogP contribution in [-0.2, 0) is 10.0 Å². The van der Waals surface area contributed by atoms with Crippen LogP contribution in [0.2, 0.25) is 0 Å². The molecule has 0 aliphatic carbocycles. The van der Waals surface area contributed by atoms with Crippen molar-refractivity contribution in [3.8, 4) is 11.5 Å². The molecule has 0 unspecified atom stereocenters. The van der Waals surface area contributed by atoms with Gasteiger partial charge in [-0.2, -0.15) is 0 Å². The second-order valence-electron chi connectivity index (χ2n) is 6.20. The number of hydrogen-bond donors (Lipinski definition) is 2. The third-order valence-corrected chi connectivity index (χ3v) is 5.45. The first kappa shape index (κ1) is 18.2. The molecule has 8 heteroatoms. The van der Waals surface area contributed by atoms with Gasteiger partial charge in [-0.05, 0) is 31.2 Å². The van der Waals surface area contributed by atoms with Gasteiger partial charge in [0.1, 0.15) is 22.5 Å². The summed E-state index contributed by atoms with van der Waals surface area (Å²) < 4.78 is 34.3. The minimum atomic E-state index is -3.99. The van der Waals surface area contributed by atoms with Crippen molar-refractivity contribution in [2.75, 3.05) is 12.4 Å². The van der Waals surface area contributed by atoms with Crippen LogP contribution < -0.4 is 19.9 Å². The van der Waals surface area contributed by atoms with E-state index < -0.39 is 15.9 Å². The molecule has 138 valence electrons. The highest BCUT2D eigenvalue weighted by Gasteiger charge is 2.31. The van der Waals surface area contributed by atoms with Crippen molar-refractivity contribution < 1.29 is 22.7 Å². The average molecular weight is 376 g/mol. The van der Waals surface area contributed by atoms with E-state index in [9.17, 15) is 13.2 Å². The Hall–Kier alpha value is -2.58. The normalized spacial score (nSPS) is 18.8. The molecule has 0 saturated carbocycles. The molecule has 2 aromatic carbocycles. The Morgan fingerprint density at radius 1 is 1.23 bits per heavy atom. The zero-order valence-corrected chi connectivity index (χ0v) is 15.5. The number of nitrogens with one attached hydrogen (secondary N) is 1. The van der Waals surface area contributed by atoms with Gasteiger partial charge >= 0.3 is 0 Å². The van der Waals surface area contributed by atoms with Crippen molar-refractivity contribution in [1.29, 1.82) is 0 Å². The predicted molar refractivity (Wildman–Crippen MR) is 97.3 cm³/mol. The zero-order chi connectivity index (χ0) is 19.1. The van der Waals surface area contributed by atoms with Crippen LogP contribution >= 0.6 is 0 Å². The summed E-state index contributed by atoms with van der Waals surface area (Å²) >= 11 is 0. The molecular formula is C18H20N2O5S. The molecule has 7 nitrogen and oxygen atoms in total. The Balaban J connectivity index is 1.93. The second kappa shape index (κ2) is 6.62. The van der Waals surface area contributed by atoms with Gasteiger partial charge in [0.25, 0.3) is 5.91 Å². The summed E-state index contributed by atoms with van der Waals surface area (Å²) in [6, 6.07) is 9.65. The van der Waals surface area contributed by atoms with E-state index in [1.54, 1.807) is 18.2 Å². The number of sulfonamides is 1. The van der Waals surface area contributed by atoms with Crippen LogP contribution in [0.15, 0.2) is 41.3 Å². The van der Waals surface area contributed by atoms with Gasteiger partial charge in [0.15, 0.2) is 0 Å². The second-order valence-corrected chi connectivity index (χ2v) is 7.73. The highest BCUT2D eigenvalue weighted by molar-refractivity contribution is 7.89. The maximum absolute atomic E-state index is 12.7. The quantitative estimate of drug-likeness (QED) is 0.852. The molecule has 26 heavy (non-hydrogen) atoms. The molecule has 3 rings (SSSR count). The van der Waals surface area contributed by atoms with E-state index in [1.165, 1.54) is 19.2 Å². The minimum Gasteiger partial charge on any atom is -0.495 e. The number of para-hydroxylation sites is 1. The van der Waals surface area contributed by atoms with Crippen LogP contribution in [0.25, 0.3) is 0 Å². The molecule has 1 heterocycles. The third kappa shape index (κ3) is 3.25. The molecule has 0 radical (unpaired) electrons. The molecular weight excluding hydrogens is 356 g/mol. The average Bonchev–Trinajstić information content (AvgIpc) is 2.88. The number of anilines is 1. The van der Waals surface area contributed by atoms with Gasteiger partial charge in [0.2, 0.25) is 10.0 Å². The monoisotopic (exact) mass is 376 g/mol. The molecule has 2 aromatic rings. The fraction of sp³-hybridized carbons (Fsp3) is 0.278. The van der Waals surface area contributed by atoms with E-state index in [4.69, 9.17) is 14.6 Å². The lowest BCUT2D eigenvalue weighted by molar-refractivity contribution is 0.102. The maximum atomic E-state index is 12.7. The molecule has 0 saturated heterocycles. The van der Waals surface area contributed by atoms with Crippen LogP contribution in [0.5, 0.6) is 11.5 Å². The SMILES string of the molecule is COc1ccc(NC(=O)c2cccc3c2O[C@H](C)[C@H]3C)cc1S(N)(=O)=O. The van der Waals surface area contributed by atoms with Gasteiger partial charge in [0, 0.05) is 17.2 Å². The summed E-state index contributed by atoms with van der Waals surface area (Å²) in [5.74, 6) is 0.462. The summed E-state index contributed by atoms with van der Waals surface area (Å²) in [5, 5.41) is 7.89. The number of hydrogen-bond acceptors (Lipinski definition) is 5. The van der Waals surface area contributed by atoms with Gasteiger partial charge in [-0.1, -0.05) is 19.1 Å². The fourth-order valence-electron chi connectivity index (χ4n) is 2.94. The molecule has 3 N–H and O–H groups in total. The molecule has 1 aliphatic heterocycles. The van der Waals surface area contributed by atoms with Gasteiger partial charge < -0.3 is 14.8 Å². The third-order valence-electron chi connectivity index (χ3n) is 4.52. The van der Waals surface area contributed by atoms with Crippen molar-refractivity contribution in [3.63, 3.8) is 0 Å². The number of benzene rings is 2. The van der Waals surface area contributed by atoms with E-state index >= 15 is 0 Å². The van der Waals surface area contributed by atoms with E-state index in [0.29, 0.717) is 11.3 Å². The molecule has 2 atom stereocenters. The first-order chi connectivity index (χ1) is 12.2. The Kier molecular flexibility index (Phi) is 4.64. The fourth-order valence-corrected chi connectivity index (χ4v) is 3.66. The van der Waals surface area contributed by atoms with Gasteiger partial charge in [-0.15, -0.1) is 0 Å². The Morgan fingerprint density at radius 3 is 2.62 bits per heavy atom. The lowest BCUT2D eigenvalue weighted by atomic mass is 9.97. The highest BCUT2D eigenvalue weighted by Crippen LogP contribution is 2.40. The van der Waals surface area contributed by atoms with Crippen molar-refractivity contribution in [2.45, 2.75) is 30.8 Å². The number of fused-ring (bicyclic) bond motifs is 1. The topological polar surface area (TPSA) is 108 Å². The molecule has 0 aromatic heterocycles. The summed E-state index contributed by atoms with van der Waals surface area (Å²) in [6.07, 6.45) is -0.0195. The van der Waals surface area contributed by atoms with Crippen molar-refractivity contribution >= 4 is 21.6 Å². The Labute approximate surface area is 152 Å². The van der Waals surface area contributed by atoms with Gasteiger partial charge in [-0.3, -0.25) is 4.79 Å². The van der Waals surface area contributed by atoms with Crippen LogP contribution in [0.1, 0.15) is 35.7 Å². The van der Waals surface area contributed by atoms with Gasteiger partial charge in [-0.25, -0.2) is 13.6 Å². The predicted octanol–water partition coefficient (Wildman–Crippen LogP) is 2.48. The number of carbonyl (C=O) groups excluding carboxylic acids is 1. The van der Waals surface area contributed by atoms with Crippen LogP contribution in [-0.4, -0.2) is 27.5 Å². The molecule has 1 aliphatic rings. The molecule has 0 spiro atoms. The highest BCUT2D eigenvalue weighted by atomic mass is 32.2. The number of carbonyl (C=O) groups is 1. The van der Waals surface area contributed by atoms with E-state index in [-0.39, 0.29) is 28.4 Å². The largest absolute Gasteiger partial charge is 0.495 e. The summed E-state index contributed by atoms with van der Waals surface area (Å²) in [5.41, 5.74) is 1.66. The van der Waals surface area contributed by atoms with E-state index in [1.807, 2.05) is 19.9 Å². The molecule has 0 bridgehead atoms. The minimum absolute atomic E-state index is 0.0195. The van der Waals surface area contributed by atoms with Crippen molar-refractivity contribution in [1.82, 2.24) is 0 Å². The molecule has 0 fully saturated rings. The van der Waals surface area contributed by atoms with Crippen LogP contribution in [0.4, 0.5) is 5.69 Å².